The SMILES string of the molecule is CCCc1ccc(-c2ccc(OC(CCC)POc3c(-c4cc(OC)cc(C(C)(C)C)c4OPC(CCC4CC4)Oc4ccc(-c5ccc(CCC)cc5)cc4)cc(OC)cc3C(C)(C)C)cc2)cc1. The topological polar surface area (TPSA) is 55.4 Å². The normalized spacial score (nSPS) is 14.0. The predicted octanol–water partition coefficient (Wildman–Crippen LogP) is 17.9. The van der Waals surface area contributed by atoms with Crippen molar-refractivity contribution in [2.45, 2.75) is 149 Å². The number of benzene rings is 6. The molecular weight excluding hydrogens is 903 g/mol. The highest BCUT2D eigenvalue weighted by Gasteiger charge is 2.31. The van der Waals surface area contributed by atoms with Crippen molar-refractivity contribution in [1.82, 2.24) is 0 Å². The smallest absolute Gasteiger partial charge is 0.150 e. The number of ether oxygens (including phenoxy) is 4. The molecule has 6 nitrogen and oxygen atoms in total. The van der Waals surface area contributed by atoms with E-state index in [-0.39, 0.29) is 40.1 Å². The van der Waals surface area contributed by atoms with Crippen LogP contribution in [0.3, 0.4) is 0 Å². The first-order valence-corrected chi connectivity index (χ1v) is 27.7. The summed E-state index contributed by atoms with van der Waals surface area (Å²) in [4.78, 5) is 0. The van der Waals surface area contributed by atoms with Crippen LogP contribution in [0.2, 0.25) is 0 Å². The van der Waals surface area contributed by atoms with Crippen LogP contribution in [-0.4, -0.2) is 25.9 Å². The minimum absolute atomic E-state index is 0.0155. The second kappa shape index (κ2) is 24.4. The van der Waals surface area contributed by atoms with Gasteiger partial charge in [0, 0.05) is 22.3 Å². The zero-order valence-corrected chi connectivity index (χ0v) is 45.8. The molecule has 0 amide bonds. The average Bonchev–Trinajstić information content (AvgIpc) is 4.19. The molecule has 1 saturated carbocycles. The first-order valence-electron chi connectivity index (χ1n) is 25.7. The second-order valence-electron chi connectivity index (χ2n) is 21.0. The molecule has 6 aromatic rings. The molecule has 372 valence electrons. The van der Waals surface area contributed by atoms with Gasteiger partial charge in [-0.1, -0.05) is 167 Å². The molecule has 1 aliphatic rings. The van der Waals surface area contributed by atoms with Crippen molar-refractivity contribution in [2.24, 2.45) is 5.92 Å². The summed E-state index contributed by atoms with van der Waals surface area (Å²) >= 11 is 0. The number of aryl methyl sites for hydroxylation is 2. The lowest BCUT2D eigenvalue weighted by atomic mass is 9.81. The molecule has 4 atom stereocenters. The Morgan fingerprint density at radius 3 is 1.17 bits per heavy atom. The van der Waals surface area contributed by atoms with Crippen LogP contribution in [0.4, 0.5) is 0 Å². The van der Waals surface area contributed by atoms with Gasteiger partial charge in [0.2, 0.25) is 0 Å². The molecule has 8 heteroatoms. The van der Waals surface area contributed by atoms with Gasteiger partial charge in [-0.2, -0.15) is 0 Å². The molecule has 0 heterocycles. The van der Waals surface area contributed by atoms with Crippen LogP contribution in [0, 0.1) is 5.92 Å². The van der Waals surface area contributed by atoms with Crippen molar-refractivity contribution in [3.8, 4) is 67.9 Å². The largest absolute Gasteiger partial charge is 0.497 e. The molecule has 6 aromatic carbocycles. The van der Waals surface area contributed by atoms with Gasteiger partial charge in [-0.25, -0.2) is 0 Å². The van der Waals surface area contributed by atoms with Crippen molar-refractivity contribution in [1.29, 1.82) is 0 Å². The number of methoxy groups -OCH3 is 2. The molecule has 0 spiro atoms. The monoisotopic (exact) mass is 981 g/mol. The van der Waals surface area contributed by atoms with E-state index in [2.05, 4.69) is 184 Å². The fourth-order valence-electron chi connectivity index (χ4n) is 8.85. The summed E-state index contributed by atoms with van der Waals surface area (Å²) in [5, 5.41) is 0. The summed E-state index contributed by atoms with van der Waals surface area (Å²) in [6.07, 6.45) is 10.9. The van der Waals surface area contributed by atoms with E-state index in [1.165, 1.54) is 46.2 Å². The van der Waals surface area contributed by atoms with Crippen LogP contribution in [0.25, 0.3) is 33.4 Å². The van der Waals surface area contributed by atoms with Crippen LogP contribution in [0.5, 0.6) is 34.5 Å². The van der Waals surface area contributed by atoms with Crippen molar-refractivity contribution < 1.29 is 28.0 Å². The van der Waals surface area contributed by atoms with Gasteiger partial charge in [-0.15, -0.1) is 0 Å². The van der Waals surface area contributed by atoms with Gasteiger partial charge >= 0.3 is 0 Å². The van der Waals surface area contributed by atoms with Gasteiger partial charge in [0.25, 0.3) is 0 Å². The lowest BCUT2D eigenvalue weighted by Crippen LogP contribution is -2.17. The summed E-state index contributed by atoms with van der Waals surface area (Å²) in [5.41, 5.74) is 10.8. The Morgan fingerprint density at radius 1 is 0.471 bits per heavy atom. The molecule has 0 aromatic heterocycles. The maximum Gasteiger partial charge on any atom is 0.150 e. The lowest BCUT2D eigenvalue weighted by molar-refractivity contribution is 0.259. The Morgan fingerprint density at radius 2 is 0.843 bits per heavy atom. The van der Waals surface area contributed by atoms with E-state index in [1.807, 2.05) is 0 Å². The molecule has 0 radical (unpaired) electrons. The minimum atomic E-state index is -0.293. The van der Waals surface area contributed by atoms with Gasteiger partial charge in [-0.3, -0.25) is 0 Å². The van der Waals surface area contributed by atoms with Crippen LogP contribution < -0.4 is 28.0 Å². The Balaban J connectivity index is 1.20. The van der Waals surface area contributed by atoms with Crippen molar-refractivity contribution in [3.05, 3.63) is 144 Å². The Labute approximate surface area is 424 Å². The van der Waals surface area contributed by atoms with Gasteiger partial charge in [0.15, 0.2) is 11.7 Å². The second-order valence-corrected chi connectivity index (χ2v) is 23.2. The predicted molar refractivity (Wildman–Crippen MR) is 298 cm³/mol. The number of rotatable bonds is 24. The highest BCUT2D eigenvalue weighted by Crippen LogP contribution is 2.52. The van der Waals surface area contributed by atoms with Crippen molar-refractivity contribution in [2.75, 3.05) is 14.2 Å². The highest BCUT2D eigenvalue weighted by atomic mass is 31.1. The molecule has 1 aliphatic carbocycles. The van der Waals surface area contributed by atoms with Crippen LogP contribution in [0.1, 0.15) is 136 Å². The lowest BCUT2D eigenvalue weighted by Gasteiger charge is -2.30. The zero-order valence-electron chi connectivity index (χ0n) is 43.8. The molecule has 1 fully saturated rings. The standard InChI is InChI=1S/C62H78O6P2/c1-12-15-42-20-25-45(26-21-42)47-29-33-49(34-30-47)65-57(17-14-3)69-67-59-53(38-51(63-10)40-55(59)61(4,5)6)54-39-52(64-11)41-56(62(7,8)9)60(54)68-70-58(37-24-44-18-19-44)66-50-35-31-48(32-36-50)46-27-22-43(16-13-2)23-28-46/h20-23,25-36,38-41,44,57-58,69-70H,12-19,24,37H2,1-11H3. The van der Waals surface area contributed by atoms with E-state index in [0.717, 1.165) is 114 Å². The quantitative estimate of drug-likeness (QED) is 0.0563. The molecule has 0 N–H and O–H groups in total. The van der Waals surface area contributed by atoms with Crippen molar-refractivity contribution in [3.63, 3.8) is 0 Å². The summed E-state index contributed by atoms with van der Waals surface area (Å²) < 4.78 is 40.2. The van der Waals surface area contributed by atoms with E-state index in [4.69, 9.17) is 28.0 Å². The van der Waals surface area contributed by atoms with Gasteiger partial charge < -0.3 is 28.0 Å². The molecule has 4 unspecified atom stereocenters. The third-order valence-corrected chi connectivity index (χ3v) is 15.1. The highest BCUT2D eigenvalue weighted by molar-refractivity contribution is 7.33. The maximum absolute atomic E-state index is 7.24. The van der Waals surface area contributed by atoms with Gasteiger partial charge in [0.1, 0.15) is 52.1 Å². The van der Waals surface area contributed by atoms with Crippen LogP contribution in [0.15, 0.2) is 121 Å². The molecule has 0 aliphatic heterocycles. The average molecular weight is 981 g/mol. The van der Waals surface area contributed by atoms with Crippen LogP contribution >= 0.6 is 17.6 Å². The fraction of sp³-hybridized carbons (Fsp3) is 0.419. The molecule has 0 bridgehead atoms. The van der Waals surface area contributed by atoms with Gasteiger partial charge in [0.05, 0.1) is 14.2 Å². The fourth-order valence-corrected chi connectivity index (χ4v) is 10.8. The third kappa shape index (κ3) is 14.3. The first-order chi connectivity index (χ1) is 33.7. The van der Waals surface area contributed by atoms with Gasteiger partial charge in [-0.05, 0) is 131 Å². The molecule has 0 saturated heterocycles. The molecule has 70 heavy (non-hydrogen) atoms. The molecular formula is C62H78O6P2. The third-order valence-electron chi connectivity index (χ3n) is 13.1. The number of hydrogen-bond acceptors (Lipinski definition) is 6. The van der Waals surface area contributed by atoms with Crippen LogP contribution in [-0.2, 0) is 23.7 Å². The minimum Gasteiger partial charge on any atom is -0.497 e. The van der Waals surface area contributed by atoms with E-state index in [0.29, 0.717) is 0 Å². The summed E-state index contributed by atoms with van der Waals surface area (Å²) in [7, 11) is 3.51. The maximum atomic E-state index is 7.24. The zero-order chi connectivity index (χ0) is 49.8. The Kier molecular flexibility index (Phi) is 18.4. The van der Waals surface area contributed by atoms with E-state index >= 15 is 0 Å². The van der Waals surface area contributed by atoms with E-state index in [1.54, 1.807) is 14.2 Å². The van der Waals surface area contributed by atoms with E-state index in [9.17, 15) is 0 Å². The summed E-state index contributed by atoms with van der Waals surface area (Å²) in [6.45, 7) is 20.0. The number of hydrogen-bond donors (Lipinski definition) is 0. The Bertz CT molecular complexity index is 2570. The van der Waals surface area contributed by atoms with Crippen molar-refractivity contribution >= 4 is 17.6 Å². The van der Waals surface area contributed by atoms with E-state index < -0.39 is 0 Å². The molecule has 7 rings (SSSR count). The summed E-state index contributed by atoms with van der Waals surface area (Å²) in [5.74, 6) is 5.24. The Hall–Kier alpha value is -5.02. The first kappa shape index (κ1) is 52.8. The summed E-state index contributed by atoms with van der Waals surface area (Å²) in [6, 6.07) is 43.3.